The Morgan fingerprint density at radius 2 is 2.32 bits per heavy atom. The van der Waals surface area contributed by atoms with Crippen molar-refractivity contribution in [2.75, 3.05) is 6.54 Å². The summed E-state index contributed by atoms with van der Waals surface area (Å²) in [5, 5.41) is 7.64. The molecule has 0 bridgehead atoms. The maximum absolute atomic E-state index is 5.53. The number of rotatable bonds is 3. The van der Waals surface area contributed by atoms with E-state index < -0.39 is 0 Å². The van der Waals surface area contributed by atoms with Gasteiger partial charge in [0.15, 0.2) is 0 Å². The second-order valence-electron chi connectivity index (χ2n) is 4.88. The van der Waals surface area contributed by atoms with E-state index in [0.717, 1.165) is 41.7 Å². The van der Waals surface area contributed by atoms with Crippen molar-refractivity contribution in [1.82, 2.24) is 10.3 Å². The zero-order chi connectivity index (χ0) is 13.1. The highest BCUT2D eigenvalue weighted by molar-refractivity contribution is 9.10. The van der Waals surface area contributed by atoms with Crippen LogP contribution in [-0.4, -0.2) is 29.4 Å². The highest BCUT2D eigenvalue weighted by Gasteiger charge is 2.26. The fourth-order valence-corrected chi connectivity index (χ4v) is 2.65. The van der Waals surface area contributed by atoms with Crippen LogP contribution in [0.2, 0.25) is 0 Å². The van der Waals surface area contributed by atoms with Gasteiger partial charge in [-0.2, -0.15) is 0 Å². The number of halogens is 1. The molecular formula is C14H16BrN3O. The van der Waals surface area contributed by atoms with Crippen molar-refractivity contribution >= 4 is 21.6 Å². The van der Waals surface area contributed by atoms with Crippen LogP contribution >= 0.6 is 15.9 Å². The SMILES string of the molecule is Brc1ccc(C2=NO[C@@H](CC3CC=CCN3)C2)nc1. The van der Waals surface area contributed by atoms with Gasteiger partial charge in [0.1, 0.15) is 11.8 Å². The third-order valence-corrected chi connectivity index (χ3v) is 3.88. The number of hydrogen-bond acceptors (Lipinski definition) is 4. The van der Waals surface area contributed by atoms with E-state index in [-0.39, 0.29) is 6.10 Å². The van der Waals surface area contributed by atoms with E-state index in [2.05, 4.69) is 43.5 Å². The molecule has 0 aromatic carbocycles. The summed E-state index contributed by atoms with van der Waals surface area (Å²) in [5.74, 6) is 0. The minimum atomic E-state index is 0.171. The first-order chi connectivity index (χ1) is 9.31. The maximum atomic E-state index is 5.53. The first kappa shape index (κ1) is 12.8. The van der Waals surface area contributed by atoms with E-state index >= 15 is 0 Å². The minimum Gasteiger partial charge on any atom is -0.392 e. The van der Waals surface area contributed by atoms with Gasteiger partial charge in [0, 0.05) is 36.1 Å². The van der Waals surface area contributed by atoms with Crippen LogP contribution in [0, 0.1) is 0 Å². The Balaban J connectivity index is 1.57. The zero-order valence-corrected chi connectivity index (χ0v) is 12.1. The van der Waals surface area contributed by atoms with Gasteiger partial charge in [-0.3, -0.25) is 4.98 Å². The molecular weight excluding hydrogens is 306 g/mol. The summed E-state index contributed by atoms with van der Waals surface area (Å²) >= 11 is 3.38. The molecule has 0 spiro atoms. The summed E-state index contributed by atoms with van der Waals surface area (Å²) in [6, 6.07) is 4.45. The molecule has 3 rings (SSSR count). The largest absolute Gasteiger partial charge is 0.392 e. The van der Waals surface area contributed by atoms with Crippen molar-refractivity contribution in [2.24, 2.45) is 5.16 Å². The van der Waals surface area contributed by atoms with Crippen molar-refractivity contribution in [3.63, 3.8) is 0 Å². The Bertz CT molecular complexity index is 498. The topological polar surface area (TPSA) is 46.5 Å². The smallest absolute Gasteiger partial charge is 0.134 e. The average Bonchev–Trinajstić information content (AvgIpc) is 2.89. The summed E-state index contributed by atoms with van der Waals surface area (Å²) in [6.07, 6.45) is 9.27. The van der Waals surface area contributed by atoms with Gasteiger partial charge in [-0.25, -0.2) is 0 Å². The standard InChI is InChI=1S/C14H16BrN3O/c15-10-4-5-13(17-9-10)14-8-12(19-18-14)7-11-3-1-2-6-16-11/h1-2,4-5,9,11-12,16H,3,6-8H2/t11?,12-/m0/s1. The monoisotopic (exact) mass is 321 g/mol. The number of oxime groups is 1. The summed E-state index contributed by atoms with van der Waals surface area (Å²) in [7, 11) is 0. The number of aromatic nitrogens is 1. The van der Waals surface area contributed by atoms with E-state index in [1.807, 2.05) is 12.1 Å². The number of pyridine rings is 1. The van der Waals surface area contributed by atoms with E-state index in [0.29, 0.717) is 6.04 Å². The number of hydrogen-bond donors (Lipinski definition) is 1. The molecule has 2 aliphatic heterocycles. The predicted octanol–water partition coefficient (Wildman–Crippen LogP) is 2.65. The van der Waals surface area contributed by atoms with Crippen LogP contribution in [0.3, 0.4) is 0 Å². The van der Waals surface area contributed by atoms with Crippen LogP contribution in [0.1, 0.15) is 25.0 Å². The lowest BCUT2D eigenvalue weighted by atomic mass is 9.99. The summed E-state index contributed by atoms with van der Waals surface area (Å²) in [4.78, 5) is 9.88. The fourth-order valence-electron chi connectivity index (χ4n) is 2.41. The molecule has 1 unspecified atom stereocenters. The quantitative estimate of drug-likeness (QED) is 0.870. The highest BCUT2D eigenvalue weighted by atomic mass is 79.9. The minimum absolute atomic E-state index is 0.171. The van der Waals surface area contributed by atoms with Crippen molar-refractivity contribution in [3.8, 4) is 0 Å². The van der Waals surface area contributed by atoms with Crippen LogP contribution in [0.25, 0.3) is 0 Å². The lowest BCUT2D eigenvalue weighted by Gasteiger charge is -2.21. The van der Waals surface area contributed by atoms with E-state index in [1.165, 1.54) is 0 Å². The van der Waals surface area contributed by atoms with Gasteiger partial charge < -0.3 is 10.2 Å². The van der Waals surface area contributed by atoms with Gasteiger partial charge in [0.25, 0.3) is 0 Å². The number of nitrogens with zero attached hydrogens (tertiary/aromatic N) is 2. The van der Waals surface area contributed by atoms with Crippen molar-refractivity contribution in [1.29, 1.82) is 0 Å². The summed E-state index contributed by atoms with van der Waals surface area (Å²) < 4.78 is 0.977. The highest BCUT2D eigenvalue weighted by Crippen LogP contribution is 2.21. The van der Waals surface area contributed by atoms with Crippen LogP contribution in [0.4, 0.5) is 0 Å². The Morgan fingerprint density at radius 1 is 1.37 bits per heavy atom. The second-order valence-corrected chi connectivity index (χ2v) is 5.79. The Kier molecular flexibility index (Phi) is 3.94. The van der Waals surface area contributed by atoms with Crippen LogP contribution in [0.15, 0.2) is 40.1 Å². The van der Waals surface area contributed by atoms with Crippen LogP contribution in [0.5, 0.6) is 0 Å². The Labute approximate surface area is 121 Å². The number of nitrogens with one attached hydrogen (secondary N) is 1. The van der Waals surface area contributed by atoms with Crippen molar-refractivity contribution in [3.05, 3.63) is 40.6 Å². The molecule has 0 radical (unpaired) electrons. The Morgan fingerprint density at radius 3 is 3.05 bits per heavy atom. The first-order valence-electron chi connectivity index (χ1n) is 6.54. The van der Waals surface area contributed by atoms with Gasteiger partial charge in [-0.15, -0.1) is 0 Å². The van der Waals surface area contributed by atoms with Crippen molar-refractivity contribution < 1.29 is 4.84 Å². The third-order valence-electron chi connectivity index (χ3n) is 3.42. The molecule has 0 amide bonds. The third kappa shape index (κ3) is 3.22. The molecule has 5 heteroatoms. The summed E-state index contributed by atoms with van der Waals surface area (Å²) in [6.45, 7) is 0.958. The molecule has 2 aliphatic rings. The molecule has 19 heavy (non-hydrogen) atoms. The van der Waals surface area contributed by atoms with E-state index in [1.54, 1.807) is 6.20 Å². The molecule has 0 saturated heterocycles. The van der Waals surface area contributed by atoms with Gasteiger partial charge in [0.2, 0.25) is 0 Å². The molecule has 0 fully saturated rings. The molecule has 0 aliphatic carbocycles. The predicted molar refractivity (Wildman–Crippen MR) is 78.1 cm³/mol. The van der Waals surface area contributed by atoms with E-state index in [9.17, 15) is 0 Å². The van der Waals surface area contributed by atoms with Gasteiger partial charge in [0.05, 0.1) is 5.69 Å². The van der Waals surface area contributed by atoms with Gasteiger partial charge >= 0.3 is 0 Å². The molecule has 1 aromatic rings. The zero-order valence-electron chi connectivity index (χ0n) is 10.6. The maximum Gasteiger partial charge on any atom is 0.134 e. The molecule has 4 nitrogen and oxygen atoms in total. The average molecular weight is 322 g/mol. The molecule has 1 N–H and O–H groups in total. The van der Waals surface area contributed by atoms with Crippen LogP contribution in [-0.2, 0) is 4.84 Å². The molecule has 0 saturated carbocycles. The Hall–Kier alpha value is -1.20. The molecule has 2 atom stereocenters. The second kappa shape index (κ2) is 5.84. The van der Waals surface area contributed by atoms with Crippen molar-refractivity contribution in [2.45, 2.75) is 31.4 Å². The molecule has 100 valence electrons. The lowest BCUT2D eigenvalue weighted by Crippen LogP contribution is -2.34. The van der Waals surface area contributed by atoms with Crippen LogP contribution < -0.4 is 5.32 Å². The molecule has 1 aromatic heterocycles. The normalized spacial score (nSPS) is 26.1. The van der Waals surface area contributed by atoms with E-state index in [4.69, 9.17) is 4.84 Å². The van der Waals surface area contributed by atoms with Gasteiger partial charge in [-0.1, -0.05) is 17.3 Å². The first-order valence-corrected chi connectivity index (χ1v) is 7.33. The lowest BCUT2D eigenvalue weighted by molar-refractivity contribution is 0.0708. The summed E-state index contributed by atoms with van der Waals surface area (Å²) in [5.41, 5.74) is 1.85. The molecule has 3 heterocycles. The van der Waals surface area contributed by atoms with Gasteiger partial charge in [-0.05, 0) is 34.5 Å². The fraction of sp³-hybridized carbons (Fsp3) is 0.429.